The molecule has 0 bridgehead atoms. The molecule has 1 atom stereocenters. The van der Waals surface area contributed by atoms with Crippen molar-refractivity contribution in [3.63, 3.8) is 0 Å². The largest absolute Gasteiger partial charge is 0.378 e. The minimum atomic E-state index is -0.467. The Hall–Kier alpha value is -2.73. The van der Waals surface area contributed by atoms with E-state index in [4.69, 9.17) is 4.74 Å². The van der Waals surface area contributed by atoms with Crippen molar-refractivity contribution in [1.29, 1.82) is 0 Å². The predicted octanol–water partition coefficient (Wildman–Crippen LogP) is 3.74. The lowest BCUT2D eigenvalue weighted by atomic mass is 9.73. The van der Waals surface area contributed by atoms with Gasteiger partial charge in [0.15, 0.2) is 0 Å². The average molecular weight is 437 g/mol. The highest BCUT2D eigenvalue weighted by Gasteiger charge is 2.46. The van der Waals surface area contributed by atoms with E-state index >= 15 is 0 Å². The number of hydrogen-bond donors (Lipinski definition) is 0. The van der Waals surface area contributed by atoms with E-state index in [1.807, 2.05) is 4.90 Å². The molecule has 3 aliphatic rings. The van der Waals surface area contributed by atoms with E-state index in [0.29, 0.717) is 45.8 Å². The van der Waals surface area contributed by atoms with Crippen LogP contribution in [0.3, 0.4) is 0 Å². The maximum atomic E-state index is 14.1. The zero-order chi connectivity index (χ0) is 22.1. The lowest BCUT2D eigenvalue weighted by Gasteiger charge is -2.40. The monoisotopic (exact) mass is 436 g/mol. The van der Waals surface area contributed by atoms with Gasteiger partial charge < -0.3 is 14.5 Å². The van der Waals surface area contributed by atoms with Gasteiger partial charge in [0.1, 0.15) is 5.82 Å². The fourth-order valence-corrected chi connectivity index (χ4v) is 5.78. The van der Waals surface area contributed by atoms with Crippen molar-refractivity contribution >= 4 is 11.8 Å². The quantitative estimate of drug-likeness (QED) is 0.737. The molecule has 1 spiro atoms. The molecule has 32 heavy (non-hydrogen) atoms. The van der Waals surface area contributed by atoms with Gasteiger partial charge in [-0.1, -0.05) is 36.4 Å². The molecule has 2 amide bonds. The van der Waals surface area contributed by atoms with Crippen LogP contribution in [0.5, 0.6) is 0 Å². The number of benzene rings is 2. The fraction of sp³-hybridized carbons (Fsp3) is 0.462. The summed E-state index contributed by atoms with van der Waals surface area (Å²) >= 11 is 0. The van der Waals surface area contributed by atoms with Gasteiger partial charge in [-0.15, -0.1) is 0 Å². The highest BCUT2D eigenvalue weighted by Crippen LogP contribution is 2.52. The number of piperidine rings is 1. The second kappa shape index (κ2) is 8.66. The summed E-state index contributed by atoms with van der Waals surface area (Å²) in [7, 11) is 0. The van der Waals surface area contributed by atoms with Crippen molar-refractivity contribution in [2.24, 2.45) is 0 Å². The molecule has 5 rings (SSSR count). The van der Waals surface area contributed by atoms with Gasteiger partial charge in [0, 0.05) is 32.6 Å². The van der Waals surface area contributed by atoms with E-state index in [2.05, 4.69) is 24.3 Å². The van der Waals surface area contributed by atoms with Crippen LogP contribution in [0, 0.1) is 5.82 Å². The number of halogens is 1. The van der Waals surface area contributed by atoms with Gasteiger partial charge in [-0.2, -0.15) is 0 Å². The SMILES string of the molecule is O=C(C[C@@H]1CC2(CCN(C(=O)c3ccccc3F)CC2)c2ccccc21)N1CCOCC1. The molecular weight excluding hydrogens is 407 g/mol. The van der Waals surface area contributed by atoms with Crippen molar-refractivity contribution in [2.75, 3.05) is 39.4 Å². The smallest absolute Gasteiger partial charge is 0.256 e. The standard InChI is InChI=1S/C26H29FN2O3/c27-23-8-4-2-6-21(23)25(31)29-11-9-26(10-12-29)18-19(20-5-1-3-7-22(20)26)17-24(30)28-13-15-32-16-14-28/h1-8,19H,9-18H2/t19-/m1/s1. The van der Waals surface area contributed by atoms with Crippen molar-refractivity contribution in [1.82, 2.24) is 9.80 Å². The third-order valence-corrected chi connectivity index (χ3v) is 7.51. The molecule has 0 unspecified atom stereocenters. The molecule has 2 heterocycles. The molecule has 0 N–H and O–H groups in total. The third-order valence-electron chi connectivity index (χ3n) is 7.51. The number of rotatable bonds is 3. The van der Waals surface area contributed by atoms with E-state index in [9.17, 15) is 14.0 Å². The van der Waals surface area contributed by atoms with Crippen molar-refractivity contribution in [3.8, 4) is 0 Å². The van der Waals surface area contributed by atoms with Crippen molar-refractivity contribution < 1.29 is 18.7 Å². The van der Waals surface area contributed by atoms with Gasteiger partial charge in [-0.3, -0.25) is 9.59 Å². The van der Waals surface area contributed by atoms with Crippen LogP contribution < -0.4 is 0 Å². The molecule has 2 fully saturated rings. The normalized spacial score (nSPS) is 22.1. The summed E-state index contributed by atoms with van der Waals surface area (Å²) in [5.41, 5.74) is 2.74. The summed E-state index contributed by atoms with van der Waals surface area (Å²) in [4.78, 5) is 29.5. The number of fused-ring (bicyclic) bond motifs is 2. The van der Waals surface area contributed by atoms with Gasteiger partial charge in [0.25, 0.3) is 5.91 Å². The molecule has 1 aliphatic carbocycles. The minimum Gasteiger partial charge on any atom is -0.378 e. The number of likely N-dealkylation sites (tertiary alicyclic amines) is 1. The molecular formula is C26H29FN2O3. The van der Waals surface area contributed by atoms with Gasteiger partial charge in [-0.25, -0.2) is 4.39 Å². The first-order valence-corrected chi connectivity index (χ1v) is 11.6. The maximum Gasteiger partial charge on any atom is 0.256 e. The van der Waals surface area contributed by atoms with Crippen LogP contribution in [0.4, 0.5) is 4.39 Å². The molecule has 2 aromatic carbocycles. The van der Waals surface area contributed by atoms with Crippen LogP contribution in [-0.4, -0.2) is 61.0 Å². The summed E-state index contributed by atoms with van der Waals surface area (Å²) in [6, 6.07) is 14.7. The number of carbonyl (C=O) groups excluding carboxylic acids is 2. The van der Waals surface area contributed by atoms with E-state index in [0.717, 1.165) is 19.3 Å². The van der Waals surface area contributed by atoms with Crippen LogP contribution >= 0.6 is 0 Å². The van der Waals surface area contributed by atoms with E-state index < -0.39 is 5.82 Å². The molecule has 2 saturated heterocycles. The summed E-state index contributed by atoms with van der Waals surface area (Å²) in [5.74, 6) is -0.290. The molecule has 5 nitrogen and oxygen atoms in total. The lowest BCUT2D eigenvalue weighted by molar-refractivity contribution is -0.135. The van der Waals surface area contributed by atoms with Crippen LogP contribution in [0.2, 0.25) is 0 Å². The minimum absolute atomic E-state index is 0.0153. The zero-order valence-electron chi connectivity index (χ0n) is 18.3. The first-order chi connectivity index (χ1) is 15.6. The van der Waals surface area contributed by atoms with Gasteiger partial charge in [0.05, 0.1) is 18.8 Å². The molecule has 0 aromatic heterocycles. The molecule has 168 valence electrons. The second-order valence-corrected chi connectivity index (χ2v) is 9.24. The fourth-order valence-electron chi connectivity index (χ4n) is 5.78. The maximum absolute atomic E-state index is 14.1. The first kappa shape index (κ1) is 21.1. The lowest BCUT2D eigenvalue weighted by Crippen LogP contribution is -2.44. The first-order valence-electron chi connectivity index (χ1n) is 11.6. The second-order valence-electron chi connectivity index (χ2n) is 9.24. The molecule has 2 aromatic rings. The summed E-state index contributed by atoms with van der Waals surface area (Å²) < 4.78 is 19.5. The number of amides is 2. The zero-order valence-corrected chi connectivity index (χ0v) is 18.3. The van der Waals surface area contributed by atoms with E-state index in [1.54, 1.807) is 23.1 Å². The highest BCUT2D eigenvalue weighted by atomic mass is 19.1. The molecule has 0 radical (unpaired) electrons. The van der Waals surface area contributed by atoms with Crippen LogP contribution in [0.25, 0.3) is 0 Å². The topological polar surface area (TPSA) is 49.9 Å². The van der Waals surface area contributed by atoms with Crippen LogP contribution in [-0.2, 0) is 14.9 Å². The van der Waals surface area contributed by atoms with Crippen LogP contribution in [0.15, 0.2) is 48.5 Å². The van der Waals surface area contributed by atoms with Crippen LogP contribution in [0.1, 0.15) is 53.1 Å². The summed E-state index contributed by atoms with van der Waals surface area (Å²) in [5, 5.41) is 0. The highest BCUT2D eigenvalue weighted by molar-refractivity contribution is 5.94. The number of hydrogen-bond acceptors (Lipinski definition) is 3. The Labute approximate surface area is 188 Å². The van der Waals surface area contributed by atoms with Crippen molar-refractivity contribution in [2.45, 2.75) is 37.0 Å². The Morgan fingerprint density at radius 3 is 2.38 bits per heavy atom. The predicted molar refractivity (Wildman–Crippen MR) is 119 cm³/mol. The molecule has 6 heteroatoms. The van der Waals surface area contributed by atoms with Gasteiger partial charge in [-0.05, 0) is 53.9 Å². The Kier molecular flexibility index (Phi) is 5.72. The number of ether oxygens (including phenoxy) is 1. The summed E-state index contributed by atoms with van der Waals surface area (Å²) in [6.07, 6.45) is 3.14. The Morgan fingerprint density at radius 1 is 0.938 bits per heavy atom. The van der Waals surface area contributed by atoms with Crippen molar-refractivity contribution in [3.05, 3.63) is 71.0 Å². The average Bonchev–Trinajstić information content (AvgIpc) is 3.13. The molecule has 0 saturated carbocycles. The number of nitrogens with zero attached hydrogens (tertiary/aromatic N) is 2. The third kappa shape index (κ3) is 3.81. The van der Waals surface area contributed by atoms with Gasteiger partial charge >= 0.3 is 0 Å². The van der Waals surface area contributed by atoms with Gasteiger partial charge in [0.2, 0.25) is 5.91 Å². The Balaban J connectivity index is 1.31. The van der Waals surface area contributed by atoms with E-state index in [1.165, 1.54) is 17.2 Å². The Bertz CT molecular complexity index is 1010. The summed E-state index contributed by atoms with van der Waals surface area (Å²) in [6.45, 7) is 3.78. The number of carbonyl (C=O) groups is 2. The van der Waals surface area contributed by atoms with E-state index in [-0.39, 0.29) is 28.7 Å². The molecule has 2 aliphatic heterocycles. The number of morpholine rings is 1. The Morgan fingerprint density at radius 2 is 1.62 bits per heavy atom.